The molecule has 0 atom stereocenters. The minimum absolute atomic E-state index is 0. The molecule has 2 aromatic heterocycles. The number of fused-ring (bicyclic) bond motifs is 1. The van der Waals surface area contributed by atoms with Crippen molar-refractivity contribution >= 4 is 45.8 Å². The molecule has 0 aliphatic rings. The molecular weight excluding hydrogens is 442 g/mol. The highest BCUT2D eigenvalue weighted by Gasteiger charge is 2.19. The smallest absolute Gasteiger partial charge is 0.317 e. The van der Waals surface area contributed by atoms with Crippen molar-refractivity contribution in [2.24, 2.45) is 16.5 Å². The molecule has 0 spiro atoms. The van der Waals surface area contributed by atoms with Gasteiger partial charge in [-0.05, 0) is 18.6 Å². The molecule has 3 rings (SSSR count). The number of aryl methyl sites for hydroxylation is 2. The van der Waals surface area contributed by atoms with Gasteiger partial charge in [0.2, 0.25) is 11.7 Å². The van der Waals surface area contributed by atoms with Crippen molar-refractivity contribution in [1.29, 1.82) is 0 Å². The minimum Gasteiger partial charge on any atom is -0.494 e. The molecule has 1 aromatic carbocycles. The van der Waals surface area contributed by atoms with Gasteiger partial charge in [-0.3, -0.25) is 9.59 Å². The third kappa shape index (κ3) is 5.04. The average molecular weight is 466 g/mol. The lowest BCUT2D eigenvalue weighted by atomic mass is 10.2. The van der Waals surface area contributed by atoms with E-state index in [9.17, 15) is 9.59 Å². The quantitative estimate of drug-likeness (QED) is 0.513. The summed E-state index contributed by atoms with van der Waals surface area (Å²) in [6, 6.07) is 3.23. The molecule has 0 bridgehead atoms. The van der Waals surface area contributed by atoms with Crippen molar-refractivity contribution < 1.29 is 18.7 Å². The van der Waals surface area contributed by atoms with Gasteiger partial charge in [-0.25, -0.2) is 4.98 Å². The summed E-state index contributed by atoms with van der Waals surface area (Å²) in [7, 11) is 1.50. The first-order chi connectivity index (χ1) is 14.4. The molecule has 2 heterocycles. The molecule has 0 aliphatic heterocycles. The number of thiazole rings is 1. The highest BCUT2D eigenvalue weighted by Crippen LogP contribution is 2.29. The monoisotopic (exact) mass is 465 g/mol. The number of allylic oxidation sites excluding steroid dienone is 1. The first kappa shape index (κ1) is 24.3. The topological polar surface area (TPSA) is 139 Å². The number of oxazole rings is 1. The number of carbonyl (C=O) groups is 2. The second kappa shape index (κ2) is 10.4. The lowest BCUT2D eigenvalue weighted by Crippen LogP contribution is -2.17. The molecule has 31 heavy (non-hydrogen) atoms. The summed E-state index contributed by atoms with van der Waals surface area (Å²) in [4.78, 5) is 33.5. The van der Waals surface area contributed by atoms with E-state index in [4.69, 9.17) is 20.6 Å². The number of benzene rings is 1. The Morgan fingerprint density at radius 1 is 1.35 bits per heavy atom. The molecule has 0 saturated heterocycles. The summed E-state index contributed by atoms with van der Waals surface area (Å²) in [5.41, 5.74) is 12.6. The molecule has 0 aliphatic carbocycles. The van der Waals surface area contributed by atoms with E-state index in [1.54, 1.807) is 25.1 Å². The number of primary amides is 1. The SMILES string of the molecule is CCc1nc(C)oc1C(=O)N=c1sc2cc(C(N)=O)cc(OC)c2n1C/C=C\CN.Cl. The lowest BCUT2D eigenvalue weighted by Gasteiger charge is -2.08. The van der Waals surface area contributed by atoms with Gasteiger partial charge in [0.15, 0.2) is 10.7 Å². The summed E-state index contributed by atoms with van der Waals surface area (Å²) in [5.74, 6) is -0.103. The van der Waals surface area contributed by atoms with Crippen LogP contribution >= 0.6 is 23.7 Å². The molecule has 0 radical (unpaired) electrons. The fourth-order valence-electron chi connectivity index (χ4n) is 3.02. The Hall–Kier alpha value is -2.95. The summed E-state index contributed by atoms with van der Waals surface area (Å²) in [6.45, 7) is 4.37. The number of methoxy groups -OCH3 is 1. The van der Waals surface area contributed by atoms with E-state index >= 15 is 0 Å². The number of halogens is 1. The van der Waals surface area contributed by atoms with Crippen molar-refractivity contribution in [3.8, 4) is 5.75 Å². The predicted molar refractivity (Wildman–Crippen MR) is 121 cm³/mol. The normalized spacial score (nSPS) is 11.8. The number of nitrogens with zero attached hydrogens (tertiary/aromatic N) is 3. The first-order valence-corrected chi connectivity index (χ1v) is 10.1. The van der Waals surface area contributed by atoms with Gasteiger partial charge in [0, 0.05) is 25.6 Å². The number of carbonyl (C=O) groups excluding carboxylic acids is 2. The van der Waals surface area contributed by atoms with E-state index in [1.807, 2.05) is 17.6 Å². The van der Waals surface area contributed by atoms with E-state index in [0.717, 1.165) is 0 Å². The summed E-state index contributed by atoms with van der Waals surface area (Å²) >= 11 is 1.25. The van der Waals surface area contributed by atoms with Gasteiger partial charge >= 0.3 is 5.91 Å². The van der Waals surface area contributed by atoms with Crippen LogP contribution in [-0.4, -0.2) is 35.0 Å². The van der Waals surface area contributed by atoms with E-state index in [2.05, 4.69) is 9.98 Å². The predicted octanol–water partition coefficient (Wildman–Crippen LogP) is 2.35. The van der Waals surface area contributed by atoms with E-state index in [1.165, 1.54) is 18.4 Å². The van der Waals surface area contributed by atoms with Crippen LogP contribution in [0.4, 0.5) is 0 Å². The number of amides is 2. The van der Waals surface area contributed by atoms with Crippen LogP contribution in [0.3, 0.4) is 0 Å². The Bertz CT molecular complexity index is 1210. The highest BCUT2D eigenvalue weighted by molar-refractivity contribution is 7.16. The van der Waals surface area contributed by atoms with Gasteiger partial charge in [0.1, 0.15) is 11.3 Å². The first-order valence-electron chi connectivity index (χ1n) is 9.31. The van der Waals surface area contributed by atoms with Gasteiger partial charge in [-0.2, -0.15) is 4.99 Å². The largest absolute Gasteiger partial charge is 0.494 e. The van der Waals surface area contributed by atoms with E-state index in [0.29, 0.717) is 57.4 Å². The van der Waals surface area contributed by atoms with Crippen molar-refractivity contribution in [2.75, 3.05) is 13.7 Å². The van der Waals surface area contributed by atoms with Crippen LogP contribution in [0.1, 0.15) is 39.4 Å². The molecule has 166 valence electrons. The summed E-state index contributed by atoms with van der Waals surface area (Å²) in [5, 5.41) is 0. The Labute approximate surface area is 188 Å². The van der Waals surface area contributed by atoms with Gasteiger partial charge in [-0.15, -0.1) is 12.4 Å². The number of aromatic nitrogens is 2. The van der Waals surface area contributed by atoms with Crippen molar-refractivity contribution in [3.05, 3.63) is 52.0 Å². The van der Waals surface area contributed by atoms with Crippen LogP contribution in [0.5, 0.6) is 5.75 Å². The van der Waals surface area contributed by atoms with Crippen LogP contribution in [0, 0.1) is 6.92 Å². The third-order valence-electron chi connectivity index (χ3n) is 4.37. The number of rotatable bonds is 7. The van der Waals surface area contributed by atoms with Crippen molar-refractivity contribution in [3.63, 3.8) is 0 Å². The zero-order valence-electron chi connectivity index (χ0n) is 17.4. The van der Waals surface area contributed by atoms with Gasteiger partial charge in [-0.1, -0.05) is 30.4 Å². The second-order valence-corrected chi connectivity index (χ2v) is 7.38. The highest BCUT2D eigenvalue weighted by atomic mass is 35.5. The standard InChI is InChI=1S/C20H23N5O4S.ClH/c1-4-13-17(29-11(2)23-13)19(27)24-20-25(8-6-5-7-21)16-14(28-3)9-12(18(22)26)10-15(16)30-20;/h5-6,9-10H,4,7-8,21H2,1-3H3,(H2,22,26);1H/b6-5-,24-20?;. The molecule has 11 heteroatoms. The molecule has 4 N–H and O–H groups in total. The maximum Gasteiger partial charge on any atom is 0.317 e. The second-order valence-electron chi connectivity index (χ2n) is 6.37. The Balaban J connectivity index is 0.00000341. The van der Waals surface area contributed by atoms with Crippen LogP contribution < -0.4 is 21.0 Å². The van der Waals surface area contributed by atoms with E-state index in [-0.39, 0.29) is 18.2 Å². The lowest BCUT2D eigenvalue weighted by molar-refractivity contribution is 0.0967. The number of hydrogen-bond acceptors (Lipinski definition) is 7. The number of hydrogen-bond donors (Lipinski definition) is 2. The third-order valence-corrected chi connectivity index (χ3v) is 5.39. The minimum atomic E-state index is -0.572. The van der Waals surface area contributed by atoms with Crippen LogP contribution in [0.15, 0.2) is 33.7 Å². The molecule has 2 amide bonds. The van der Waals surface area contributed by atoms with Gasteiger partial charge < -0.3 is 25.2 Å². The Morgan fingerprint density at radius 3 is 2.71 bits per heavy atom. The van der Waals surface area contributed by atoms with Crippen LogP contribution in [0.25, 0.3) is 10.2 Å². The number of nitrogens with two attached hydrogens (primary N) is 2. The summed E-state index contributed by atoms with van der Waals surface area (Å²) < 4.78 is 13.5. The Kier molecular flexibility index (Phi) is 8.14. The molecule has 9 nitrogen and oxygen atoms in total. The summed E-state index contributed by atoms with van der Waals surface area (Å²) in [6.07, 6.45) is 4.23. The average Bonchev–Trinajstić information content (AvgIpc) is 3.27. The van der Waals surface area contributed by atoms with E-state index < -0.39 is 11.8 Å². The molecule has 0 fully saturated rings. The number of ether oxygens (including phenoxy) is 1. The Morgan fingerprint density at radius 2 is 2.10 bits per heavy atom. The zero-order valence-corrected chi connectivity index (χ0v) is 19.0. The van der Waals surface area contributed by atoms with Crippen molar-refractivity contribution in [1.82, 2.24) is 9.55 Å². The molecule has 3 aromatic rings. The molecule has 0 saturated carbocycles. The molecular formula is C20H24ClN5O4S. The van der Waals surface area contributed by atoms with Crippen LogP contribution in [0.2, 0.25) is 0 Å². The maximum absolute atomic E-state index is 12.8. The zero-order chi connectivity index (χ0) is 21.8. The maximum atomic E-state index is 12.8. The fourth-order valence-corrected chi connectivity index (χ4v) is 4.11. The molecule has 0 unspecified atom stereocenters. The van der Waals surface area contributed by atoms with Gasteiger partial charge in [0.25, 0.3) is 0 Å². The fraction of sp³-hybridized carbons (Fsp3) is 0.300. The van der Waals surface area contributed by atoms with Crippen LogP contribution in [-0.2, 0) is 13.0 Å². The van der Waals surface area contributed by atoms with Crippen molar-refractivity contribution in [2.45, 2.75) is 26.8 Å². The van der Waals surface area contributed by atoms with Gasteiger partial charge in [0.05, 0.1) is 17.5 Å².